The number of aliphatic hydroxyl groups is 1. The Morgan fingerprint density at radius 2 is 1.91 bits per heavy atom. The zero-order valence-corrected chi connectivity index (χ0v) is 26.7. The standard InChI is InChI=1S/C27H43N7O9S/c1-26(2,3)43-25(36)29-8-10-33-9-7-17(12-18(33)24(35)40-6)44(38,39)13-16-11-19(42-27(4,5)37)23(41-16)34-15-32-20-21(28)30-14-31-22(20)34/h14-19,23,37H,7-13H2,1-6H3,(H,29,36)(H2,28,30,31)/t16-,17?,18?,19-,23+/m0/s1. The van der Waals surface area contributed by atoms with E-state index in [4.69, 9.17) is 24.7 Å². The van der Waals surface area contributed by atoms with E-state index in [-0.39, 0.29) is 37.4 Å². The molecule has 0 aromatic carbocycles. The zero-order valence-electron chi connectivity index (χ0n) is 25.9. The van der Waals surface area contributed by atoms with Crippen LogP contribution in [0.3, 0.4) is 0 Å². The van der Waals surface area contributed by atoms with E-state index in [9.17, 15) is 23.1 Å². The lowest BCUT2D eigenvalue weighted by Gasteiger charge is -2.37. The molecule has 2 unspecified atom stereocenters. The highest BCUT2D eigenvalue weighted by atomic mass is 32.2. The van der Waals surface area contributed by atoms with E-state index in [0.717, 1.165) is 0 Å². The van der Waals surface area contributed by atoms with Gasteiger partial charge in [-0.1, -0.05) is 0 Å². The molecule has 2 aliphatic heterocycles. The summed E-state index contributed by atoms with van der Waals surface area (Å²) in [5.41, 5.74) is 6.02. The number of methoxy groups -OCH3 is 1. The van der Waals surface area contributed by atoms with Crippen molar-refractivity contribution in [3.05, 3.63) is 12.7 Å². The van der Waals surface area contributed by atoms with Crippen molar-refractivity contribution < 1.29 is 42.1 Å². The Morgan fingerprint density at radius 1 is 1.18 bits per heavy atom. The maximum atomic E-state index is 13.7. The summed E-state index contributed by atoms with van der Waals surface area (Å²) < 4.78 is 51.3. The quantitative estimate of drug-likeness (QED) is 0.242. The van der Waals surface area contributed by atoms with Crippen LogP contribution in [0.5, 0.6) is 0 Å². The first kappa shape index (κ1) is 33.8. The monoisotopic (exact) mass is 641 g/mol. The van der Waals surface area contributed by atoms with Gasteiger partial charge < -0.3 is 35.1 Å². The number of piperidine rings is 1. The maximum Gasteiger partial charge on any atom is 0.407 e. The van der Waals surface area contributed by atoms with Gasteiger partial charge in [0.1, 0.15) is 29.6 Å². The average molecular weight is 642 g/mol. The van der Waals surface area contributed by atoms with Gasteiger partial charge in [-0.15, -0.1) is 0 Å². The van der Waals surface area contributed by atoms with Gasteiger partial charge in [0.15, 0.2) is 33.3 Å². The number of fused-ring (bicyclic) bond motifs is 1. The first-order valence-electron chi connectivity index (χ1n) is 14.5. The van der Waals surface area contributed by atoms with Crippen LogP contribution in [-0.4, -0.2) is 117 Å². The van der Waals surface area contributed by atoms with Gasteiger partial charge in [-0.25, -0.2) is 28.2 Å². The molecule has 44 heavy (non-hydrogen) atoms. The lowest BCUT2D eigenvalue weighted by Crippen LogP contribution is -2.53. The number of sulfone groups is 1. The molecule has 0 aliphatic carbocycles. The van der Waals surface area contributed by atoms with Crippen molar-refractivity contribution in [3.8, 4) is 0 Å². The SMILES string of the molecule is COC(=O)C1CC(S(=O)(=O)C[C@@H]2C[C@H](OC(C)(C)O)[C@H](n3cnc4c(N)ncnc43)O2)CCN1CCNC(=O)OC(C)(C)C. The molecule has 2 aromatic rings. The molecule has 4 rings (SSSR count). The van der Waals surface area contributed by atoms with Crippen LogP contribution in [0.15, 0.2) is 12.7 Å². The van der Waals surface area contributed by atoms with E-state index in [1.54, 1.807) is 25.3 Å². The Balaban J connectivity index is 1.44. The number of esters is 1. The van der Waals surface area contributed by atoms with E-state index < -0.39 is 63.0 Å². The molecule has 0 radical (unpaired) electrons. The number of aromatic nitrogens is 4. The molecule has 1 amide bonds. The van der Waals surface area contributed by atoms with Crippen LogP contribution in [0.2, 0.25) is 0 Å². The van der Waals surface area contributed by atoms with Crippen molar-refractivity contribution in [3.63, 3.8) is 0 Å². The second kappa shape index (κ2) is 13.1. The number of nitrogens with two attached hydrogens (primary N) is 1. The highest BCUT2D eigenvalue weighted by Crippen LogP contribution is 2.37. The minimum atomic E-state index is -3.77. The van der Waals surface area contributed by atoms with Crippen molar-refractivity contribution in [2.24, 2.45) is 0 Å². The van der Waals surface area contributed by atoms with Gasteiger partial charge in [0.25, 0.3) is 0 Å². The molecule has 0 saturated carbocycles. The van der Waals surface area contributed by atoms with Gasteiger partial charge >= 0.3 is 12.1 Å². The molecule has 17 heteroatoms. The van der Waals surface area contributed by atoms with E-state index in [1.165, 1.54) is 33.6 Å². The number of hydrogen-bond acceptors (Lipinski definition) is 14. The van der Waals surface area contributed by atoms with Gasteiger partial charge in [0, 0.05) is 26.1 Å². The summed E-state index contributed by atoms with van der Waals surface area (Å²) in [5.74, 6) is -2.22. The number of amides is 1. The first-order chi connectivity index (χ1) is 20.5. The van der Waals surface area contributed by atoms with Crippen molar-refractivity contribution >= 4 is 38.9 Å². The fraction of sp³-hybridized carbons (Fsp3) is 0.741. The van der Waals surface area contributed by atoms with Crippen molar-refractivity contribution in [2.75, 3.05) is 38.2 Å². The molecule has 2 aromatic heterocycles. The Kier molecular flexibility index (Phi) is 10.0. The van der Waals surface area contributed by atoms with E-state index in [0.29, 0.717) is 24.3 Å². The average Bonchev–Trinajstić information content (AvgIpc) is 3.50. The minimum Gasteiger partial charge on any atom is -0.468 e. The number of nitrogens with one attached hydrogen (secondary N) is 1. The van der Waals surface area contributed by atoms with Crippen LogP contribution in [0.1, 0.15) is 60.1 Å². The van der Waals surface area contributed by atoms with Crippen LogP contribution < -0.4 is 11.1 Å². The van der Waals surface area contributed by atoms with Crippen LogP contribution in [0.25, 0.3) is 11.2 Å². The molecule has 246 valence electrons. The normalized spacial score (nSPS) is 25.2. The lowest BCUT2D eigenvalue weighted by molar-refractivity contribution is -0.222. The molecule has 4 N–H and O–H groups in total. The van der Waals surface area contributed by atoms with Crippen molar-refractivity contribution in [1.82, 2.24) is 29.7 Å². The number of nitrogen functional groups attached to an aromatic ring is 1. The van der Waals surface area contributed by atoms with Crippen LogP contribution in [0.4, 0.5) is 10.6 Å². The number of alkyl carbamates (subject to hydrolysis) is 1. The smallest absolute Gasteiger partial charge is 0.407 e. The third kappa shape index (κ3) is 8.32. The summed E-state index contributed by atoms with van der Waals surface area (Å²) in [6.45, 7) is 9.05. The second-order valence-corrected chi connectivity index (χ2v) is 14.9. The number of likely N-dealkylation sites (tertiary alicyclic amines) is 1. The molecule has 4 heterocycles. The molecular weight excluding hydrogens is 598 g/mol. The molecule has 2 fully saturated rings. The maximum absolute atomic E-state index is 13.7. The summed E-state index contributed by atoms with van der Waals surface area (Å²) in [7, 11) is -2.51. The zero-order chi connectivity index (χ0) is 32.4. The molecule has 0 spiro atoms. The number of carbonyl (C=O) groups excluding carboxylic acids is 2. The van der Waals surface area contributed by atoms with Crippen LogP contribution in [-0.2, 0) is 33.6 Å². The minimum absolute atomic E-state index is 0.0313. The van der Waals surface area contributed by atoms with E-state index in [2.05, 4.69) is 20.3 Å². The molecular formula is C27H43N7O9S. The van der Waals surface area contributed by atoms with Crippen molar-refractivity contribution in [1.29, 1.82) is 0 Å². The largest absolute Gasteiger partial charge is 0.468 e. The Hall–Kier alpha value is -3.12. The van der Waals surface area contributed by atoms with E-state index >= 15 is 0 Å². The Morgan fingerprint density at radius 3 is 2.57 bits per heavy atom. The molecule has 2 aliphatic rings. The van der Waals surface area contributed by atoms with Gasteiger partial charge in [0.2, 0.25) is 0 Å². The number of imidazole rings is 1. The predicted octanol–water partition coefficient (Wildman–Crippen LogP) is 0.755. The number of anilines is 1. The van der Waals surface area contributed by atoms with E-state index in [1.807, 2.05) is 4.90 Å². The number of rotatable bonds is 10. The van der Waals surface area contributed by atoms with Crippen molar-refractivity contribution in [2.45, 2.75) is 95.0 Å². The number of hydrogen-bond donors (Lipinski definition) is 3. The fourth-order valence-electron chi connectivity index (χ4n) is 5.57. The molecule has 0 bridgehead atoms. The molecule has 5 atom stereocenters. The highest BCUT2D eigenvalue weighted by Gasteiger charge is 2.45. The third-order valence-electron chi connectivity index (χ3n) is 7.38. The third-order valence-corrected chi connectivity index (χ3v) is 9.66. The fourth-order valence-corrected chi connectivity index (χ4v) is 7.51. The molecule has 2 saturated heterocycles. The van der Waals surface area contributed by atoms with Gasteiger partial charge in [-0.3, -0.25) is 14.3 Å². The summed E-state index contributed by atoms with van der Waals surface area (Å²) in [4.78, 5) is 39.0. The first-order valence-corrected chi connectivity index (χ1v) is 16.2. The highest BCUT2D eigenvalue weighted by molar-refractivity contribution is 7.92. The van der Waals surface area contributed by atoms with Gasteiger partial charge in [-0.2, -0.15) is 0 Å². The molecule has 16 nitrogen and oxygen atoms in total. The van der Waals surface area contributed by atoms with Crippen LogP contribution in [0, 0.1) is 0 Å². The van der Waals surface area contributed by atoms with Crippen LogP contribution >= 0.6 is 0 Å². The lowest BCUT2D eigenvalue weighted by atomic mass is 10.0. The summed E-state index contributed by atoms with van der Waals surface area (Å²) >= 11 is 0. The van der Waals surface area contributed by atoms with Gasteiger partial charge in [0.05, 0.1) is 30.5 Å². The summed E-state index contributed by atoms with van der Waals surface area (Å²) in [6.07, 6.45) is 0.307. The predicted molar refractivity (Wildman–Crippen MR) is 158 cm³/mol. The number of ether oxygens (including phenoxy) is 4. The second-order valence-electron chi connectivity index (χ2n) is 12.5. The summed E-state index contributed by atoms with van der Waals surface area (Å²) in [5, 5.41) is 12.2. The Labute approximate surface area is 256 Å². The summed E-state index contributed by atoms with van der Waals surface area (Å²) in [6, 6.07) is -0.806. The number of nitrogens with zero attached hydrogens (tertiary/aromatic N) is 5. The number of carbonyl (C=O) groups is 2. The Bertz CT molecular complexity index is 1440. The topological polar surface area (TPSA) is 210 Å². The van der Waals surface area contributed by atoms with Gasteiger partial charge in [-0.05, 0) is 47.5 Å².